The first-order valence-corrected chi connectivity index (χ1v) is 11.6. The third-order valence-electron chi connectivity index (χ3n) is 4.69. The number of carbonyl (C=O) groups excluding carboxylic acids is 3. The first-order chi connectivity index (χ1) is 15.3. The molecule has 166 valence electrons. The Kier molecular flexibility index (Phi) is 7.92. The molecule has 0 bridgehead atoms. The second kappa shape index (κ2) is 10.3. The molecule has 1 fully saturated rings. The Hall–Kier alpha value is -2.30. The molecular weight excluding hydrogens is 501 g/mol. The molecule has 12 nitrogen and oxygen atoms in total. The summed E-state index contributed by atoms with van der Waals surface area (Å²) in [6.07, 6.45) is 3.20. The molecule has 2 atom stereocenters. The van der Waals surface area contributed by atoms with Crippen LogP contribution in [0.1, 0.15) is 16.3 Å². The van der Waals surface area contributed by atoms with Gasteiger partial charge < -0.3 is 26.2 Å². The van der Waals surface area contributed by atoms with Gasteiger partial charge in [0.1, 0.15) is 22.8 Å². The van der Waals surface area contributed by atoms with Crippen LogP contribution in [-0.4, -0.2) is 65.3 Å². The molecule has 2 aliphatic rings. The zero-order valence-electron chi connectivity index (χ0n) is 17.2. The molecule has 4 heterocycles. The van der Waals surface area contributed by atoms with Crippen molar-refractivity contribution >= 4 is 69.3 Å². The normalized spacial score (nSPS) is 20.3. The molecule has 1 saturated heterocycles. The maximum absolute atomic E-state index is 12.7. The van der Waals surface area contributed by atoms with Gasteiger partial charge >= 0.3 is 29.6 Å². The number of fused-ring (bicyclic) bond motifs is 1. The number of nitrogen functional groups attached to an aromatic ring is 1. The largest absolute Gasteiger partial charge is 1.00 e. The number of amides is 2. The van der Waals surface area contributed by atoms with Crippen LogP contribution in [0.3, 0.4) is 0 Å². The van der Waals surface area contributed by atoms with Gasteiger partial charge in [0.25, 0.3) is 11.8 Å². The van der Waals surface area contributed by atoms with Gasteiger partial charge in [0.05, 0.1) is 11.7 Å². The number of oxime groups is 1. The van der Waals surface area contributed by atoms with Crippen LogP contribution in [0.25, 0.3) is 6.08 Å². The minimum Gasteiger partial charge on any atom is -0.543 e. The number of nitrogens with two attached hydrogens (primary N) is 1. The van der Waals surface area contributed by atoms with Crippen molar-refractivity contribution in [3.8, 4) is 0 Å². The summed E-state index contributed by atoms with van der Waals surface area (Å²) >= 11 is 3.55. The van der Waals surface area contributed by atoms with Crippen molar-refractivity contribution in [1.82, 2.24) is 24.8 Å². The number of aryl methyl sites for hydroxylation is 1. The van der Waals surface area contributed by atoms with E-state index in [1.165, 1.54) is 28.7 Å². The van der Waals surface area contributed by atoms with E-state index in [2.05, 4.69) is 25.0 Å². The molecule has 0 spiro atoms. The van der Waals surface area contributed by atoms with Crippen molar-refractivity contribution in [3.63, 3.8) is 0 Å². The van der Waals surface area contributed by atoms with Crippen molar-refractivity contribution in [1.29, 1.82) is 0 Å². The Morgan fingerprint density at radius 3 is 2.76 bits per heavy atom. The van der Waals surface area contributed by atoms with E-state index in [0.717, 1.165) is 21.1 Å². The van der Waals surface area contributed by atoms with E-state index >= 15 is 0 Å². The van der Waals surface area contributed by atoms with Crippen LogP contribution in [-0.2, 0) is 14.4 Å². The molecule has 2 aliphatic heterocycles. The van der Waals surface area contributed by atoms with Gasteiger partial charge in [0.2, 0.25) is 0 Å². The number of anilines is 1. The number of rotatable bonds is 6. The van der Waals surface area contributed by atoms with E-state index in [1.54, 1.807) is 12.2 Å². The number of thiazole rings is 1. The minimum atomic E-state index is -1.50. The van der Waals surface area contributed by atoms with Crippen LogP contribution < -0.4 is 45.7 Å². The smallest absolute Gasteiger partial charge is 0.543 e. The van der Waals surface area contributed by atoms with E-state index in [4.69, 9.17) is 5.73 Å². The SMILES string of the molecule is Cc1snnc1/C=C\C1=C(C(=O)[O-])N2C(=O)C(NC(=O)/C(=N\O)c3csc(N)n3)C2SC1.[Na+]. The molecule has 2 aromatic heterocycles. The zero-order valence-corrected chi connectivity index (χ0v) is 21.7. The van der Waals surface area contributed by atoms with E-state index in [0.29, 0.717) is 11.3 Å². The summed E-state index contributed by atoms with van der Waals surface area (Å²) < 4.78 is 3.82. The number of hydrogen-bond acceptors (Lipinski definition) is 13. The van der Waals surface area contributed by atoms with Gasteiger partial charge in [-0.2, -0.15) is 0 Å². The Balaban J connectivity index is 0.00000306. The Morgan fingerprint density at radius 2 is 2.18 bits per heavy atom. The van der Waals surface area contributed by atoms with E-state index in [9.17, 15) is 24.7 Å². The van der Waals surface area contributed by atoms with Crippen molar-refractivity contribution in [2.24, 2.45) is 5.16 Å². The number of nitrogens with zero attached hydrogens (tertiary/aromatic N) is 5. The van der Waals surface area contributed by atoms with Gasteiger partial charge in [-0.25, -0.2) is 4.98 Å². The maximum atomic E-state index is 12.7. The number of carbonyl (C=O) groups is 3. The number of carboxylic acid groups (broad SMARTS) is 1. The van der Waals surface area contributed by atoms with Crippen molar-refractivity contribution < 1.29 is 54.3 Å². The standard InChI is InChI=1S/C17H15N7O5S3.Na/c1-6-8(21-23-32-6)3-2-7-4-30-15-11(14(26)24(15)12(7)16(27)28)20-13(25)10(22-29)9-5-31-17(18)19-9;/h2-3,5,11,15,29H,4H2,1H3,(H2,18,19)(H,20,25)(H,27,28);/q;+1/p-1/b3-2-,22-10-;. The Morgan fingerprint density at radius 1 is 1.42 bits per heavy atom. The molecule has 2 amide bonds. The van der Waals surface area contributed by atoms with E-state index in [-0.39, 0.29) is 51.8 Å². The van der Waals surface area contributed by atoms with Crippen LogP contribution >= 0.6 is 34.6 Å². The van der Waals surface area contributed by atoms with E-state index in [1.807, 2.05) is 6.92 Å². The number of carboxylic acids is 1. The van der Waals surface area contributed by atoms with Gasteiger partial charge in [0.15, 0.2) is 10.8 Å². The Bertz CT molecular complexity index is 1210. The molecule has 0 aromatic carbocycles. The summed E-state index contributed by atoms with van der Waals surface area (Å²) in [5.74, 6) is -2.70. The summed E-state index contributed by atoms with van der Waals surface area (Å²) in [4.78, 5) is 42.9. The molecule has 4 rings (SSSR count). The summed E-state index contributed by atoms with van der Waals surface area (Å²) in [5.41, 5.74) is 5.91. The summed E-state index contributed by atoms with van der Waals surface area (Å²) in [6.45, 7) is 1.83. The fourth-order valence-electron chi connectivity index (χ4n) is 3.15. The van der Waals surface area contributed by atoms with E-state index < -0.39 is 34.9 Å². The number of hydrogen-bond donors (Lipinski definition) is 3. The van der Waals surface area contributed by atoms with Gasteiger partial charge in [-0.1, -0.05) is 15.7 Å². The summed E-state index contributed by atoms with van der Waals surface area (Å²) in [7, 11) is 0. The zero-order chi connectivity index (χ0) is 23.0. The minimum absolute atomic E-state index is 0. The van der Waals surface area contributed by atoms with Gasteiger partial charge in [0, 0.05) is 16.0 Å². The van der Waals surface area contributed by atoms with Crippen LogP contribution in [0.2, 0.25) is 0 Å². The number of β-lactam (4-membered cyclic amide) rings is 1. The quantitative estimate of drug-likeness (QED) is 0.113. The van der Waals surface area contributed by atoms with Crippen molar-refractivity contribution in [2.75, 3.05) is 11.5 Å². The predicted octanol–water partition coefficient (Wildman–Crippen LogP) is -3.82. The number of aliphatic carboxylic acids is 1. The van der Waals surface area contributed by atoms with Crippen molar-refractivity contribution in [2.45, 2.75) is 18.3 Å². The molecule has 2 aromatic rings. The predicted molar refractivity (Wildman–Crippen MR) is 116 cm³/mol. The van der Waals surface area contributed by atoms with Crippen LogP contribution in [0, 0.1) is 6.92 Å². The third kappa shape index (κ3) is 4.83. The second-order valence-corrected chi connectivity index (χ2v) is 9.54. The fourth-order valence-corrected chi connectivity index (χ4v) is 5.47. The maximum Gasteiger partial charge on any atom is 1.00 e. The molecule has 4 N–H and O–H groups in total. The van der Waals surface area contributed by atoms with Crippen LogP contribution in [0.4, 0.5) is 5.13 Å². The van der Waals surface area contributed by atoms with Gasteiger partial charge in [-0.3, -0.25) is 14.5 Å². The number of allylic oxidation sites excluding steroid dienone is 1. The Labute approximate surface area is 221 Å². The average molecular weight is 516 g/mol. The topological polar surface area (TPSA) is 187 Å². The number of aromatic nitrogens is 3. The van der Waals surface area contributed by atoms with Crippen LogP contribution in [0.15, 0.2) is 27.9 Å². The molecular formula is C17H14N7NaO5S3. The molecule has 0 saturated carbocycles. The van der Waals surface area contributed by atoms with Gasteiger partial charge in [-0.05, 0) is 30.1 Å². The average Bonchev–Trinajstić information content (AvgIpc) is 3.37. The molecule has 0 radical (unpaired) electrons. The molecule has 33 heavy (non-hydrogen) atoms. The second-order valence-electron chi connectivity index (χ2n) is 6.59. The monoisotopic (exact) mass is 515 g/mol. The fraction of sp³-hybridized carbons (Fsp3) is 0.235. The summed E-state index contributed by atoms with van der Waals surface area (Å²) in [5, 5.41) is 31.3. The molecule has 2 unspecified atom stereocenters. The number of nitrogens with one attached hydrogen (secondary N) is 1. The van der Waals surface area contributed by atoms with Crippen molar-refractivity contribution in [3.05, 3.63) is 39.0 Å². The van der Waals surface area contributed by atoms with Crippen LogP contribution in [0.5, 0.6) is 0 Å². The number of thioether (sulfide) groups is 1. The molecule has 0 aliphatic carbocycles. The molecule has 16 heteroatoms. The third-order valence-corrected chi connectivity index (χ3v) is 7.31. The summed E-state index contributed by atoms with van der Waals surface area (Å²) in [6, 6.07) is -1.01. The van der Waals surface area contributed by atoms with Gasteiger partial charge in [-0.15, -0.1) is 28.2 Å². The first kappa shape index (κ1) is 25.3. The first-order valence-electron chi connectivity index (χ1n) is 8.92.